The smallest absolute Gasteiger partial charge is 0.229 e. The van der Waals surface area contributed by atoms with Gasteiger partial charge in [-0.15, -0.1) is 10.2 Å². The normalized spacial score (nSPS) is 16.9. The lowest BCUT2D eigenvalue weighted by atomic mass is 9.78. The van der Waals surface area contributed by atoms with E-state index in [9.17, 15) is 9.59 Å². The molecule has 0 spiro atoms. The fraction of sp³-hybridized carbons (Fsp3) is 0.267. The molecular formula is C30H30N6O2. The van der Waals surface area contributed by atoms with E-state index >= 15 is 0 Å². The zero-order valence-corrected chi connectivity index (χ0v) is 21.1. The first-order valence-electron chi connectivity index (χ1n) is 13.0. The summed E-state index contributed by atoms with van der Waals surface area (Å²) in [6.45, 7) is 0. The summed E-state index contributed by atoms with van der Waals surface area (Å²) in [6, 6.07) is 26.8. The second-order valence-electron chi connectivity index (χ2n) is 9.67. The van der Waals surface area contributed by atoms with E-state index in [4.69, 9.17) is 0 Å². The van der Waals surface area contributed by atoms with E-state index in [1.807, 2.05) is 84.9 Å². The van der Waals surface area contributed by atoms with Gasteiger partial charge in [0.25, 0.3) is 0 Å². The summed E-state index contributed by atoms with van der Waals surface area (Å²) in [6.07, 6.45) is 4.63. The van der Waals surface area contributed by atoms with Crippen molar-refractivity contribution in [2.24, 2.45) is 0 Å². The van der Waals surface area contributed by atoms with Gasteiger partial charge >= 0.3 is 0 Å². The van der Waals surface area contributed by atoms with Gasteiger partial charge in [-0.3, -0.25) is 9.59 Å². The van der Waals surface area contributed by atoms with Gasteiger partial charge in [-0.1, -0.05) is 67.1 Å². The maximum atomic E-state index is 12.3. The second-order valence-corrected chi connectivity index (χ2v) is 9.67. The van der Waals surface area contributed by atoms with Crippen molar-refractivity contribution in [1.82, 2.24) is 20.4 Å². The number of benzene rings is 2. The molecule has 2 N–H and O–H groups in total. The minimum absolute atomic E-state index is 0.116. The third-order valence-electron chi connectivity index (χ3n) is 6.83. The molecule has 1 aliphatic carbocycles. The summed E-state index contributed by atoms with van der Waals surface area (Å²) in [4.78, 5) is 24.6. The average molecular weight is 507 g/mol. The van der Waals surface area contributed by atoms with Gasteiger partial charge in [-0.05, 0) is 54.7 Å². The fourth-order valence-electron chi connectivity index (χ4n) is 4.92. The molecule has 2 amide bonds. The van der Waals surface area contributed by atoms with E-state index in [2.05, 4.69) is 31.0 Å². The van der Waals surface area contributed by atoms with Crippen molar-refractivity contribution in [3.8, 4) is 0 Å². The lowest BCUT2D eigenvalue weighted by Gasteiger charge is -2.28. The maximum absolute atomic E-state index is 12.3. The zero-order valence-electron chi connectivity index (χ0n) is 21.1. The van der Waals surface area contributed by atoms with Gasteiger partial charge in [0, 0.05) is 11.8 Å². The van der Waals surface area contributed by atoms with E-state index in [0.29, 0.717) is 24.5 Å². The quantitative estimate of drug-likeness (QED) is 0.345. The summed E-state index contributed by atoms with van der Waals surface area (Å²) in [7, 11) is 0. The molecule has 192 valence electrons. The van der Waals surface area contributed by atoms with E-state index < -0.39 is 0 Å². The molecule has 2 heterocycles. The van der Waals surface area contributed by atoms with E-state index in [0.717, 1.165) is 48.2 Å². The third-order valence-corrected chi connectivity index (χ3v) is 6.83. The highest BCUT2D eigenvalue weighted by molar-refractivity contribution is 5.91. The fourth-order valence-corrected chi connectivity index (χ4v) is 4.92. The van der Waals surface area contributed by atoms with Crippen LogP contribution in [-0.2, 0) is 22.4 Å². The van der Waals surface area contributed by atoms with Gasteiger partial charge in [0.15, 0.2) is 11.6 Å². The van der Waals surface area contributed by atoms with Crippen LogP contribution in [0.5, 0.6) is 0 Å². The minimum Gasteiger partial charge on any atom is -0.309 e. The Labute approximate surface area is 221 Å². The molecule has 4 aromatic rings. The Balaban J connectivity index is 1.14. The zero-order chi connectivity index (χ0) is 26.2. The average Bonchev–Trinajstić information content (AvgIpc) is 2.95. The van der Waals surface area contributed by atoms with Crippen molar-refractivity contribution in [2.45, 2.75) is 50.4 Å². The van der Waals surface area contributed by atoms with Gasteiger partial charge in [0.1, 0.15) is 0 Å². The van der Waals surface area contributed by atoms with Crippen molar-refractivity contribution in [1.29, 1.82) is 0 Å². The molecule has 2 aromatic carbocycles. The number of carbonyl (C=O) groups excluding carboxylic acids is 2. The standard InChI is InChI=1S/C30H30N6O2/c37-29(18-21-8-3-1-4-9-21)31-27-16-14-25(33-35-27)23-12-7-13-24(20-23)26-15-17-28(36-34-26)32-30(38)19-22-10-5-2-6-11-22/h1-6,8-11,14-17,23-24H,7,12-13,18-20H2,(H,31,35,37)(H,32,36,38). The Morgan fingerprint density at radius 1 is 0.605 bits per heavy atom. The summed E-state index contributed by atoms with van der Waals surface area (Å²) in [5.74, 6) is 1.21. The molecule has 2 aromatic heterocycles. The summed E-state index contributed by atoms with van der Waals surface area (Å²) < 4.78 is 0. The summed E-state index contributed by atoms with van der Waals surface area (Å²) in [5.41, 5.74) is 3.75. The first-order chi connectivity index (χ1) is 18.6. The molecule has 2 unspecified atom stereocenters. The second kappa shape index (κ2) is 12.2. The highest BCUT2D eigenvalue weighted by atomic mass is 16.2. The Kier molecular flexibility index (Phi) is 8.08. The number of carbonyl (C=O) groups is 2. The number of aromatic nitrogens is 4. The molecule has 1 aliphatic rings. The molecule has 0 saturated heterocycles. The third kappa shape index (κ3) is 6.85. The Hall–Kier alpha value is -4.46. The van der Waals surface area contributed by atoms with Gasteiger partial charge in [0.05, 0.1) is 24.2 Å². The van der Waals surface area contributed by atoms with Crippen LogP contribution in [0.15, 0.2) is 84.9 Å². The van der Waals surface area contributed by atoms with Crippen LogP contribution in [0.1, 0.15) is 60.0 Å². The number of anilines is 2. The van der Waals surface area contributed by atoms with Crippen LogP contribution < -0.4 is 10.6 Å². The summed E-state index contributed by atoms with van der Waals surface area (Å²) >= 11 is 0. The van der Waals surface area contributed by atoms with Crippen LogP contribution in [0.2, 0.25) is 0 Å². The van der Waals surface area contributed by atoms with E-state index in [-0.39, 0.29) is 23.7 Å². The van der Waals surface area contributed by atoms with Crippen molar-refractivity contribution in [2.75, 3.05) is 10.6 Å². The molecule has 8 heteroatoms. The first kappa shape index (κ1) is 25.2. The molecule has 8 nitrogen and oxygen atoms in total. The molecule has 0 radical (unpaired) electrons. The van der Waals surface area contributed by atoms with Crippen molar-refractivity contribution >= 4 is 23.5 Å². The minimum atomic E-state index is -0.116. The van der Waals surface area contributed by atoms with Gasteiger partial charge in [0.2, 0.25) is 11.8 Å². The predicted octanol–water partition coefficient (Wildman–Crippen LogP) is 5.07. The van der Waals surface area contributed by atoms with Crippen LogP contribution in [-0.4, -0.2) is 32.2 Å². The number of hydrogen-bond donors (Lipinski definition) is 2. The van der Waals surface area contributed by atoms with Gasteiger partial charge in [-0.2, -0.15) is 10.2 Å². The lowest BCUT2D eigenvalue weighted by molar-refractivity contribution is -0.116. The molecule has 2 atom stereocenters. The van der Waals surface area contributed by atoms with Crippen molar-refractivity contribution in [3.63, 3.8) is 0 Å². The molecular weight excluding hydrogens is 476 g/mol. The predicted molar refractivity (Wildman–Crippen MR) is 146 cm³/mol. The molecule has 0 bridgehead atoms. The highest BCUT2D eigenvalue weighted by Crippen LogP contribution is 2.40. The monoisotopic (exact) mass is 506 g/mol. The van der Waals surface area contributed by atoms with Crippen LogP contribution in [0.25, 0.3) is 0 Å². The van der Waals surface area contributed by atoms with Crippen LogP contribution in [0.4, 0.5) is 11.6 Å². The van der Waals surface area contributed by atoms with Crippen molar-refractivity contribution < 1.29 is 9.59 Å². The number of rotatable bonds is 8. The van der Waals surface area contributed by atoms with E-state index in [1.165, 1.54) is 0 Å². The van der Waals surface area contributed by atoms with Crippen molar-refractivity contribution in [3.05, 3.63) is 107 Å². The Bertz CT molecular complexity index is 1240. The van der Waals surface area contributed by atoms with Crippen LogP contribution in [0, 0.1) is 0 Å². The number of amides is 2. The molecule has 1 fully saturated rings. The number of nitrogens with zero attached hydrogens (tertiary/aromatic N) is 4. The lowest BCUT2D eigenvalue weighted by Crippen LogP contribution is -2.18. The molecule has 38 heavy (non-hydrogen) atoms. The summed E-state index contributed by atoms with van der Waals surface area (Å²) in [5, 5.41) is 23.0. The maximum Gasteiger partial charge on any atom is 0.229 e. The van der Waals surface area contributed by atoms with Crippen LogP contribution >= 0.6 is 0 Å². The van der Waals surface area contributed by atoms with Crippen LogP contribution in [0.3, 0.4) is 0 Å². The molecule has 5 rings (SSSR count). The first-order valence-corrected chi connectivity index (χ1v) is 13.0. The largest absolute Gasteiger partial charge is 0.309 e. The molecule has 0 aliphatic heterocycles. The van der Waals surface area contributed by atoms with E-state index in [1.54, 1.807) is 0 Å². The topological polar surface area (TPSA) is 110 Å². The SMILES string of the molecule is O=C(Cc1ccccc1)Nc1ccc(C2CCCC(c3ccc(NC(=O)Cc4ccccc4)nn3)C2)nn1. The number of nitrogens with one attached hydrogen (secondary N) is 2. The Morgan fingerprint density at radius 2 is 1.05 bits per heavy atom. The Morgan fingerprint density at radius 3 is 1.45 bits per heavy atom. The number of hydrogen-bond acceptors (Lipinski definition) is 6. The van der Waals surface area contributed by atoms with Gasteiger partial charge in [-0.25, -0.2) is 0 Å². The molecule has 1 saturated carbocycles. The highest BCUT2D eigenvalue weighted by Gasteiger charge is 2.27. The van der Waals surface area contributed by atoms with Gasteiger partial charge < -0.3 is 10.6 Å².